The first-order chi connectivity index (χ1) is 12.5. The summed E-state index contributed by atoms with van der Waals surface area (Å²) in [5, 5.41) is 12.9. The fourth-order valence-electron chi connectivity index (χ4n) is 4.11. The van der Waals surface area contributed by atoms with Crippen LogP contribution in [0.5, 0.6) is 0 Å². The summed E-state index contributed by atoms with van der Waals surface area (Å²) in [4.78, 5) is 16.9. The molecule has 1 aromatic carbocycles. The van der Waals surface area contributed by atoms with Crippen LogP contribution in [0, 0.1) is 12.8 Å². The van der Waals surface area contributed by atoms with Crippen molar-refractivity contribution in [3.63, 3.8) is 0 Å². The number of nitrogens with one attached hydrogen (secondary N) is 1. The summed E-state index contributed by atoms with van der Waals surface area (Å²) in [7, 11) is 0. The predicted molar refractivity (Wildman–Crippen MR) is 104 cm³/mol. The van der Waals surface area contributed by atoms with E-state index in [0.29, 0.717) is 5.92 Å². The van der Waals surface area contributed by atoms with Gasteiger partial charge in [0.25, 0.3) is 0 Å². The zero-order chi connectivity index (χ0) is 18.5. The molecular weight excluding hydrogens is 326 g/mol. The molecule has 1 unspecified atom stereocenters. The molecule has 0 aromatic heterocycles. The van der Waals surface area contributed by atoms with Crippen LogP contribution in [0.3, 0.4) is 0 Å². The van der Waals surface area contributed by atoms with Crippen LogP contribution in [0.25, 0.3) is 0 Å². The average molecular weight is 360 g/mol. The fraction of sp³-hybridized carbons (Fsp3) is 0.667. The van der Waals surface area contributed by atoms with E-state index in [4.69, 9.17) is 0 Å². The lowest BCUT2D eigenvalue weighted by molar-refractivity contribution is 0.0784. The molecule has 0 bridgehead atoms. The average Bonchev–Trinajstić information content (AvgIpc) is 2.65. The van der Waals surface area contributed by atoms with Crippen molar-refractivity contribution in [3.8, 4) is 0 Å². The standard InChI is InChI=1S/C21H33N3O2/c1-16-5-3-4-6-19(16)15-23-11-9-20(10-12-23)22-21(26)24-13-7-18(8-14-24)17(2)25/h3-6,17-18,20,25H,7-15H2,1-2H3,(H,22,26). The summed E-state index contributed by atoms with van der Waals surface area (Å²) in [6, 6.07) is 8.93. The van der Waals surface area contributed by atoms with Gasteiger partial charge in [-0.15, -0.1) is 0 Å². The Hall–Kier alpha value is -1.59. The Morgan fingerprint density at radius 1 is 1.15 bits per heavy atom. The smallest absolute Gasteiger partial charge is 0.317 e. The normalized spacial score (nSPS) is 21.6. The molecule has 2 heterocycles. The van der Waals surface area contributed by atoms with Gasteiger partial charge in [0.2, 0.25) is 0 Å². The van der Waals surface area contributed by atoms with E-state index in [1.165, 1.54) is 11.1 Å². The Morgan fingerprint density at radius 2 is 1.81 bits per heavy atom. The Morgan fingerprint density at radius 3 is 2.42 bits per heavy atom. The number of hydrogen-bond donors (Lipinski definition) is 2. The van der Waals surface area contributed by atoms with Crippen molar-refractivity contribution in [3.05, 3.63) is 35.4 Å². The minimum absolute atomic E-state index is 0.0754. The minimum atomic E-state index is -0.266. The number of aliphatic hydroxyl groups is 1. The van der Waals surface area contributed by atoms with Gasteiger partial charge >= 0.3 is 6.03 Å². The molecule has 3 rings (SSSR count). The number of carbonyl (C=O) groups is 1. The van der Waals surface area contributed by atoms with Gasteiger partial charge < -0.3 is 15.3 Å². The van der Waals surface area contributed by atoms with Gasteiger partial charge in [0, 0.05) is 38.8 Å². The molecule has 0 spiro atoms. The number of benzene rings is 1. The first-order valence-electron chi connectivity index (χ1n) is 10.0. The molecule has 5 heteroatoms. The van der Waals surface area contributed by atoms with Crippen molar-refractivity contribution in [1.82, 2.24) is 15.1 Å². The molecule has 2 N–H and O–H groups in total. The lowest BCUT2D eigenvalue weighted by Crippen LogP contribution is -2.51. The van der Waals surface area contributed by atoms with Crippen LogP contribution in [0.2, 0.25) is 0 Å². The van der Waals surface area contributed by atoms with E-state index in [1.54, 1.807) is 0 Å². The maximum atomic E-state index is 12.5. The van der Waals surface area contributed by atoms with Gasteiger partial charge in [-0.2, -0.15) is 0 Å². The highest BCUT2D eigenvalue weighted by Crippen LogP contribution is 2.21. The second-order valence-corrected chi connectivity index (χ2v) is 7.99. The van der Waals surface area contributed by atoms with Crippen LogP contribution in [0.15, 0.2) is 24.3 Å². The van der Waals surface area contributed by atoms with Crippen molar-refractivity contribution < 1.29 is 9.90 Å². The van der Waals surface area contributed by atoms with Crippen LogP contribution < -0.4 is 5.32 Å². The van der Waals surface area contributed by atoms with Crippen molar-refractivity contribution in [2.24, 2.45) is 5.92 Å². The van der Waals surface area contributed by atoms with Gasteiger partial charge in [-0.05, 0) is 56.6 Å². The predicted octanol–water partition coefficient (Wildman–Crippen LogP) is 2.76. The van der Waals surface area contributed by atoms with Gasteiger partial charge in [0.1, 0.15) is 0 Å². The molecular formula is C21H33N3O2. The number of urea groups is 1. The Kier molecular flexibility index (Phi) is 6.54. The first-order valence-corrected chi connectivity index (χ1v) is 10.0. The summed E-state index contributed by atoms with van der Waals surface area (Å²) in [5.41, 5.74) is 2.75. The molecule has 2 amide bonds. The molecule has 144 valence electrons. The van der Waals surface area contributed by atoms with Crippen molar-refractivity contribution >= 4 is 6.03 Å². The quantitative estimate of drug-likeness (QED) is 0.869. The van der Waals surface area contributed by atoms with E-state index >= 15 is 0 Å². The lowest BCUT2D eigenvalue weighted by atomic mass is 9.92. The third-order valence-electron chi connectivity index (χ3n) is 6.08. The van der Waals surface area contributed by atoms with E-state index in [1.807, 2.05) is 11.8 Å². The molecule has 2 fully saturated rings. The molecule has 0 radical (unpaired) electrons. The van der Waals surface area contributed by atoms with E-state index in [0.717, 1.165) is 58.4 Å². The van der Waals surface area contributed by atoms with Gasteiger partial charge in [0.15, 0.2) is 0 Å². The SMILES string of the molecule is Cc1ccccc1CN1CCC(NC(=O)N2CCC(C(C)O)CC2)CC1. The lowest BCUT2D eigenvalue weighted by Gasteiger charge is -2.36. The van der Waals surface area contributed by atoms with Crippen LogP contribution in [-0.2, 0) is 6.54 Å². The van der Waals surface area contributed by atoms with E-state index < -0.39 is 0 Å². The highest BCUT2D eigenvalue weighted by Gasteiger charge is 2.27. The monoisotopic (exact) mass is 359 g/mol. The molecule has 2 saturated heterocycles. The fourth-order valence-corrected chi connectivity index (χ4v) is 4.11. The number of hydrogen-bond acceptors (Lipinski definition) is 3. The maximum absolute atomic E-state index is 12.5. The topological polar surface area (TPSA) is 55.8 Å². The van der Waals surface area contributed by atoms with Crippen LogP contribution in [0.1, 0.15) is 43.7 Å². The maximum Gasteiger partial charge on any atom is 0.317 e. The molecule has 0 aliphatic carbocycles. The van der Waals surface area contributed by atoms with Gasteiger partial charge in [0.05, 0.1) is 6.10 Å². The van der Waals surface area contributed by atoms with E-state index in [9.17, 15) is 9.90 Å². The highest BCUT2D eigenvalue weighted by molar-refractivity contribution is 5.74. The van der Waals surface area contributed by atoms with Crippen LogP contribution >= 0.6 is 0 Å². The largest absolute Gasteiger partial charge is 0.393 e. The Bertz CT molecular complexity index is 589. The second-order valence-electron chi connectivity index (χ2n) is 7.99. The number of carbonyl (C=O) groups excluding carboxylic acids is 1. The summed E-state index contributed by atoms with van der Waals surface area (Å²) < 4.78 is 0. The molecule has 1 atom stereocenters. The number of likely N-dealkylation sites (tertiary alicyclic amines) is 2. The number of aliphatic hydroxyl groups excluding tert-OH is 1. The minimum Gasteiger partial charge on any atom is -0.393 e. The van der Waals surface area contributed by atoms with Crippen molar-refractivity contribution in [1.29, 1.82) is 0 Å². The van der Waals surface area contributed by atoms with Crippen LogP contribution in [0.4, 0.5) is 4.79 Å². The molecule has 2 aliphatic rings. The molecule has 5 nitrogen and oxygen atoms in total. The molecule has 1 aromatic rings. The number of amides is 2. The molecule has 0 saturated carbocycles. The number of nitrogens with zero attached hydrogens (tertiary/aromatic N) is 2. The summed E-state index contributed by atoms with van der Waals surface area (Å²) in [5.74, 6) is 0.337. The molecule has 26 heavy (non-hydrogen) atoms. The van der Waals surface area contributed by atoms with Gasteiger partial charge in [-0.25, -0.2) is 4.79 Å². The van der Waals surface area contributed by atoms with Gasteiger partial charge in [-0.1, -0.05) is 24.3 Å². The first kappa shape index (κ1) is 19.2. The molecule has 2 aliphatic heterocycles. The third-order valence-corrected chi connectivity index (χ3v) is 6.08. The summed E-state index contributed by atoms with van der Waals surface area (Å²) in [6.45, 7) is 8.60. The van der Waals surface area contributed by atoms with E-state index in [2.05, 4.69) is 41.4 Å². The zero-order valence-electron chi connectivity index (χ0n) is 16.2. The number of piperidine rings is 2. The Labute approximate surface area is 157 Å². The zero-order valence-corrected chi connectivity index (χ0v) is 16.2. The van der Waals surface area contributed by atoms with Crippen molar-refractivity contribution in [2.75, 3.05) is 26.2 Å². The van der Waals surface area contributed by atoms with Gasteiger partial charge in [-0.3, -0.25) is 4.90 Å². The van der Waals surface area contributed by atoms with E-state index in [-0.39, 0.29) is 18.2 Å². The Balaban J connectivity index is 1.40. The summed E-state index contributed by atoms with van der Waals surface area (Å²) >= 11 is 0. The number of aryl methyl sites for hydroxylation is 1. The second kappa shape index (κ2) is 8.87. The summed E-state index contributed by atoms with van der Waals surface area (Å²) in [6.07, 6.45) is 3.57. The third kappa shape index (κ3) is 4.98. The van der Waals surface area contributed by atoms with Crippen LogP contribution in [-0.4, -0.2) is 59.3 Å². The number of rotatable bonds is 4. The van der Waals surface area contributed by atoms with Crippen molar-refractivity contribution in [2.45, 2.75) is 58.2 Å². The highest BCUT2D eigenvalue weighted by atomic mass is 16.3.